The molecule has 2 N–H and O–H groups in total. The Kier molecular flexibility index (Phi) is 5.10. The fourth-order valence-electron chi connectivity index (χ4n) is 1.47. The molecular weight excluding hydrogens is 196 g/mol. The maximum Gasteiger partial charge on any atom is 0.222 e. The molecule has 0 aromatic rings. The standard InChI is InChI=1S/C10H18N2O3/c1-2-15-6-5-10(14)12-8-3-4-9(13)11-7-8/h8H,2-7H2,1H3,(H,11,13)(H,12,14). The molecule has 5 heteroatoms. The largest absolute Gasteiger partial charge is 0.381 e. The van der Waals surface area contributed by atoms with Crippen molar-refractivity contribution >= 4 is 11.8 Å². The third-order valence-corrected chi connectivity index (χ3v) is 2.31. The van der Waals surface area contributed by atoms with Crippen molar-refractivity contribution < 1.29 is 14.3 Å². The first-order valence-corrected chi connectivity index (χ1v) is 5.36. The molecule has 1 fully saturated rings. The second-order valence-corrected chi connectivity index (χ2v) is 3.55. The number of carbonyl (C=O) groups excluding carboxylic acids is 2. The lowest BCUT2D eigenvalue weighted by atomic mass is 10.1. The monoisotopic (exact) mass is 214 g/mol. The first-order chi connectivity index (χ1) is 7.22. The lowest BCUT2D eigenvalue weighted by Gasteiger charge is -2.23. The molecule has 0 radical (unpaired) electrons. The fraction of sp³-hybridized carbons (Fsp3) is 0.800. The van der Waals surface area contributed by atoms with Gasteiger partial charge in [-0.3, -0.25) is 9.59 Å². The van der Waals surface area contributed by atoms with Crippen LogP contribution in [-0.2, 0) is 14.3 Å². The van der Waals surface area contributed by atoms with Crippen molar-refractivity contribution in [3.05, 3.63) is 0 Å². The zero-order valence-electron chi connectivity index (χ0n) is 9.04. The summed E-state index contributed by atoms with van der Waals surface area (Å²) in [7, 11) is 0. The maximum atomic E-state index is 11.4. The van der Waals surface area contributed by atoms with E-state index in [0.29, 0.717) is 32.6 Å². The molecule has 2 amide bonds. The molecule has 0 saturated carbocycles. The number of carbonyl (C=O) groups is 2. The molecule has 5 nitrogen and oxygen atoms in total. The molecule has 86 valence electrons. The fourth-order valence-corrected chi connectivity index (χ4v) is 1.47. The molecular formula is C10H18N2O3. The second-order valence-electron chi connectivity index (χ2n) is 3.55. The van der Waals surface area contributed by atoms with Gasteiger partial charge in [-0.15, -0.1) is 0 Å². The average Bonchev–Trinajstić information content (AvgIpc) is 2.22. The molecule has 0 aromatic heterocycles. The van der Waals surface area contributed by atoms with Gasteiger partial charge >= 0.3 is 0 Å². The lowest BCUT2D eigenvalue weighted by molar-refractivity contribution is -0.126. The van der Waals surface area contributed by atoms with Crippen LogP contribution in [0.1, 0.15) is 26.2 Å². The summed E-state index contributed by atoms with van der Waals surface area (Å²) in [5, 5.41) is 5.58. The van der Waals surface area contributed by atoms with Gasteiger partial charge in [-0.25, -0.2) is 0 Å². The van der Waals surface area contributed by atoms with Crippen LogP contribution >= 0.6 is 0 Å². The third kappa shape index (κ3) is 4.78. The number of rotatable bonds is 5. The summed E-state index contributed by atoms with van der Waals surface area (Å²) >= 11 is 0. The van der Waals surface area contributed by atoms with Crippen LogP contribution in [0.4, 0.5) is 0 Å². The van der Waals surface area contributed by atoms with E-state index in [0.717, 1.165) is 6.42 Å². The molecule has 1 rings (SSSR count). The molecule has 0 aromatic carbocycles. The first kappa shape index (κ1) is 12.0. The summed E-state index contributed by atoms with van der Waals surface area (Å²) in [5.41, 5.74) is 0. The highest BCUT2D eigenvalue weighted by molar-refractivity contribution is 5.78. The summed E-state index contributed by atoms with van der Waals surface area (Å²) < 4.78 is 5.08. The van der Waals surface area contributed by atoms with Crippen LogP contribution in [0.2, 0.25) is 0 Å². The molecule has 1 unspecified atom stereocenters. The van der Waals surface area contributed by atoms with Gasteiger partial charge in [0.15, 0.2) is 0 Å². The number of piperidine rings is 1. The summed E-state index contributed by atoms with van der Waals surface area (Å²) in [4.78, 5) is 22.2. The topological polar surface area (TPSA) is 67.4 Å². The smallest absolute Gasteiger partial charge is 0.222 e. The van der Waals surface area contributed by atoms with Crippen LogP contribution in [-0.4, -0.2) is 37.6 Å². The molecule has 0 bridgehead atoms. The molecule has 1 atom stereocenters. The van der Waals surface area contributed by atoms with Gasteiger partial charge < -0.3 is 15.4 Å². The van der Waals surface area contributed by atoms with Gasteiger partial charge in [0.25, 0.3) is 0 Å². The Labute approximate surface area is 89.6 Å². The molecule has 1 aliphatic rings. The number of hydrogen-bond donors (Lipinski definition) is 2. The highest BCUT2D eigenvalue weighted by atomic mass is 16.5. The minimum absolute atomic E-state index is 0.00963. The highest BCUT2D eigenvalue weighted by Crippen LogP contribution is 2.02. The molecule has 0 aliphatic carbocycles. The molecule has 15 heavy (non-hydrogen) atoms. The van der Waals surface area contributed by atoms with Crippen molar-refractivity contribution in [1.82, 2.24) is 10.6 Å². The van der Waals surface area contributed by atoms with Gasteiger partial charge in [-0.1, -0.05) is 0 Å². The Morgan fingerprint density at radius 2 is 2.47 bits per heavy atom. The van der Waals surface area contributed by atoms with Crippen LogP contribution in [0.15, 0.2) is 0 Å². The van der Waals surface area contributed by atoms with Crippen LogP contribution in [0.25, 0.3) is 0 Å². The van der Waals surface area contributed by atoms with Gasteiger partial charge in [0.1, 0.15) is 0 Å². The predicted molar refractivity (Wildman–Crippen MR) is 55.3 cm³/mol. The van der Waals surface area contributed by atoms with Crippen molar-refractivity contribution in [3.63, 3.8) is 0 Å². The Bertz CT molecular complexity index is 221. The minimum atomic E-state index is -0.00963. The van der Waals surface area contributed by atoms with Crippen LogP contribution < -0.4 is 10.6 Å². The predicted octanol–water partition coefficient (Wildman–Crippen LogP) is -0.192. The van der Waals surface area contributed by atoms with E-state index >= 15 is 0 Å². The Hall–Kier alpha value is -1.10. The summed E-state index contributed by atoms with van der Waals surface area (Å²) in [6.45, 7) is 3.53. The van der Waals surface area contributed by atoms with Crippen LogP contribution in [0.5, 0.6) is 0 Å². The van der Waals surface area contributed by atoms with Gasteiger partial charge in [0, 0.05) is 32.0 Å². The number of hydrogen-bond acceptors (Lipinski definition) is 3. The summed E-state index contributed by atoms with van der Waals surface area (Å²) in [6, 6.07) is 0.0804. The normalized spacial score (nSPS) is 20.9. The summed E-state index contributed by atoms with van der Waals surface area (Å²) in [6.07, 6.45) is 1.61. The summed E-state index contributed by atoms with van der Waals surface area (Å²) in [5.74, 6) is 0.0550. The number of nitrogens with one attached hydrogen (secondary N) is 2. The van der Waals surface area contributed by atoms with E-state index in [-0.39, 0.29) is 17.9 Å². The second kappa shape index (κ2) is 6.40. The molecule has 1 heterocycles. The number of ether oxygens (including phenoxy) is 1. The first-order valence-electron chi connectivity index (χ1n) is 5.36. The van der Waals surface area contributed by atoms with E-state index in [2.05, 4.69) is 10.6 Å². The van der Waals surface area contributed by atoms with Gasteiger partial charge in [0.05, 0.1) is 6.61 Å². The van der Waals surface area contributed by atoms with Crippen LogP contribution in [0, 0.1) is 0 Å². The molecule has 1 aliphatic heterocycles. The Morgan fingerprint density at radius 1 is 1.67 bits per heavy atom. The van der Waals surface area contributed by atoms with Gasteiger partial charge in [0.2, 0.25) is 11.8 Å². The number of amides is 2. The van der Waals surface area contributed by atoms with Gasteiger partial charge in [-0.2, -0.15) is 0 Å². The van der Waals surface area contributed by atoms with Crippen molar-refractivity contribution in [3.8, 4) is 0 Å². The quantitative estimate of drug-likeness (QED) is 0.623. The van der Waals surface area contributed by atoms with Crippen LogP contribution in [0.3, 0.4) is 0 Å². The minimum Gasteiger partial charge on any atom is -0.381 e. The van der Waals surface area contributed by atoms with Crippen molar-refractivity contribution in [2.75, 3.05) is 19.8 Å². The maximum absolute atomic E-state index is 11.4. The van der Waals surface area contributed by atoms with Crippen molar-refractivity contribution in [2.45, 2.75) is 32.2 Å². The Balaban J connectivity index is 2.12. The highest BCUT2D eigenvalue weighted by Gasteiger charge is 2.19. The zero-order chi connectivity index (χ0) is 11.1. The van der Waals surface area contributed by atoms with E-state index in [1.54, 1.807) is 0 Å². The average molecular weight is 214 g/mol. The lowest BCUT2D eigenvalue weighted by Crippen LogP contribution is -2.47. The SMILES string of the molecule is CCOCCC(=O)NC1CCC(=O)NC1. The third-order valence-electron chi connectivity index (χ3n) is 2.31. The van der Waals surface area contributed by atoms with Crippen molar-refractivity contribution in [2.24, 2.45) is 0 Å². The van der Waals surface area contributed by atoms with E-state index in [1.165, 1.54) is 0 Å². The Morgan fingerprint density at radius 3 is 3.07 bits per heavy atom. The zero-order valence-corrected chi connectivity index (χ0v) is 9.04. The van der Waals surface area contributed by atoms with Gasteiger partial charge in [-0.05, 0) is 13.3 Å². The van der Waals surface area contributed by atoms with E-state index in [9.17, 15) is 9.59 Å². The molecule has 1 saturated heterocycles. The van der Waals surface area contributed by atoms with E-state index in [4.69, 9.17) is 4.74 Å². The molecule has 0 spiro atoms. The van der Waals surface area contributed by atoms with E-state index < -0.39 is 0 Å². The van der Waals surface area contributed by atoms with Crippen molar-refractivity contribution in [1.29, 1.82) is 0 Å². The van der Waals surface area contributed by atoms with E-state index in [1.807, 2.05) is 6.92 Å².